The third-order valence-electron chi connectivity index (χ3n) is 3.22. The third kappa shape index (κ3) is 1.67. The van der Waals surface area contributed by atoms with Crippen molar-refractivity contribution in [3.8, 4) is 0 Å². The van der Waals surface area contributed by atoms with Gasteiger partial charge in [0.05, 0.1) is 11.0 Å². The van der Waals surface area contributed by atoms with Crippen LogP contribution in [-0.2, 0) is 11.3 Å². The SMILES string of the molecule is CC(N)CC(=O)N1CCn2c1nc1ccccc12. The molecule has 1 unspecified atom stereocenters. The van der Waals surface area contributed by atoms with Crippen LogP contribution in [0, 0.1) is 0 Å². The molecule has 18 heavy (non-hydrogen) atoms. The van der Waals surface area contributed by atoms with Gasteiger partial charge in [0.15, 0.2) is 0 Å². The molecule has 1 aromatic carbocycles. The Bertz CT molecular complexity index is 602. The van der Waals surface area contributed by atoms with Gasteiger partial charge >= 0.3 is 0 Å². The van der Waals surface area contributed by atoms with Crippen LogP contribution in [0.4, 0.5) is 5.95 Å². The molecule has 1 aromatic heterocycles. The van der Waals surface area contributed by atoms with E-state index in [-0.39, 0.29) is 11.9 Å². The molecule has 2 heterocycles. The maximum Gasteiger partial charge on any atom is 0.230 e. The van der Waals surface area contributed by atoms with Crippen LogP contribution in [0.2, 0.25) is 0 Å². The van der Waals surface area contributed by atoms with E-state index in [4.69, 9.17) is 5.73 Å². The number of nitrogens with two attached hydrogens (primary N) is 1. The molecule has 0 aliphatic carbocycles. The van der Waals surface area contributed by atoms with Crippen LogP contribution in [0.1, 0.15) is 13.3 Å². The van der Waals surface area contributed by atoms with E-state index in [9.17, 15) is 4.79 Å². The molecule has 2 aromatic rings. The number of carbonyl (C=O) groups excluding carboxylic acids is 1. The monoisotopic (exact) mass is 244 g/mol. The van der Waals surface area contributed by atoms with E-state index in [0.717, 1.165) is 23.5 Å². The van der Waals surface area contributed by atoms with E-state index in [1.165, 1.54) is 0 Å². The summed E-state index contributed by atoms with van der Waals surface area (Å²) in [5.41, 5.74) is 7.70. The van der Waals surface area contributed by atoms with Gasteiger partial charge in [0.25, 0.3) is 0 Å². The molecule has 5 nitrogen and oxygen atoms in total. The fourth-order valence-corrected chi connectivity index (χ4v) is 2.41. The van der Waals surface area contributed by atoms with Crippen LogP contribution in [-0.4, -0.2) is 28.0 Å². The zero-order valence-electron chi connectivity index (χ0n) is 10.3. The van der Waals surface area contributed by atoms with E-state index < -0.39 is 0 Å². The molecule has 0 radical (unpaired) electrons. The summed E-state index contributed by atoms with van der Waals surface area (Å²) in [6.07, 6.45) is 0.364. The predicted octanol–water partition coefficient (Wildman–Crippen LogP) is 1.12. The van der Waals surface area contributed by atoms with E-state index in [1.807, 2.05) is 31.2 Å². The van der Waals surface area contributed by atoms with Gasteiger partial charge in [-0.05, 0) is 19.1 Å². The summed E-state index contributed by atoms with van der Waals surface area (Å²) < 4.78 is 2.09. The summed E-state index contributed by atoms with van der Waals surface area (Å²) in [4.78, 5) is 18.4. The number of anilines is 1. The summed E-state index contributed by atoms with van der Waals surface area (Å²) in [6, 6.07) is 7.83. The maximum atomic E-state index is 12.1. The van der Waals surface area contributed by atoms with Crippen LogP contribution in [0.15, 0.2) is 24.3 Å². The number of aromatic nitrogens is 2. The first-order valence-corrected chi connectivity index (χ1v) is 6.18. The minimum atomic E-state index is -0.115. The molecule has 2 N–H and O–H groups in total. The average molecular weight is 244 g/mol. The molecule has 1 aliphatic heterocycles. The molecule has 0 saturated carbocycles. The molecule has 0 bridgehead atoms. The van der Waals surface area contributed by atoms with Crippen molar-refractivity contribution in [2.45, 2.75) is 25.9 Å². The van der Waals surface area contributed by atoms with Crippen molar-refractivity contribution in [3.63, 3.8) is 0 Å². The van der Waals surface area contributed by atoms with Gasteiger partial charge in [-0.25, -0.2) is 4.98 Å². The Kier molecular flexibility index (Phi) is 2.56. The topological polar surface area (TPSA) is 64.2 Å². The van der Waals surface area contributed by atoms with E-state index in [1.54, 1.807) is 4.90 Å². The Labute approximate surface area is 105 Å². The predicted molar refractivity (Wildman–Crippen MR) is 70.4 cm³/mol. The van der Waals surface area contributed by atoms with Crippen molar-refractivity contribution in [3.05, 3.63) is 24.3 Å². The standard InChI is InChI=1S/C13H16N4O/c1-9(14)8-12(18)17-7-6-16-11-5-3-2-4-10(11)15-13(16)17/h2-5,9H,6-8,14H2,1H3. The van der Waals surface area contributed by atoms with Crippen LogP contribution >= 0.6 is 0 Å². The van der Waals surface area contributed by atoms with Gasteiger partial charge in [0.2, 0.25) is 11.9 Å². The number of fused-ring (bicyclic) bond motifs is 3. The van der Waals surface area contributed by atoms with Crippen LogP contribution in [0.5, 0.6) is 0 Å². The molecule has 0 saturated heterocycles. The fourth-order valence-electron chi connectivity index (χ4n) is 2.41. The lowest BCUT2D eigenvalue weighted by Crippen LogP contribution is -2.33. The lowest BCUT2D eigenvalue weighted by atomic mass is 10.2. The van der Waals surface area contributed by atoms with Gasteiger partial charge in [-0.1, -0.05) is 12.1 Å². The molecule has 0 fully saturated rings. The van der Waals surface area contributed by atoms with Crippen molar-refractivity contribution < 1.29 is 4.79 Å². The van der Waals surface area contributed by atoms with Crippen molar-refractivity contribution in [2.75, 3.05) is 11.4 Å². The Morgan fingerprint density at radius 3 is 3.00 bits per heavy atom. The maximum absolute atomic E-state index is 12.1. The highest BCUT2D eigenvalue weighted by Crippen LogP contribution is 2.27. The van der Waals surface area contributed by atoms with E-state index in [2.05, 4.69) is 9.55 Å². The number of hydrogen-bond acceptors (Lipinski definition) is 3. The Hall–Kier alpha value is -1.88. The second kappa shape index (κ2) is 4.10. The van der Waals surface area contributed by atoms with Crippen LogP contribution in [0.3, 0.4) is 0 Å². The number of amides is 1. The summed E-state index contributed by atoms with van der Waals surface area (Å²) >= 11 is 0. The highest BCUT2D eigenvalue weighted by Gasteiger charge is 2.28. The number of nitrogens with zero attached hydrogens (tertiary/aromatic N) is 3. The van der Waals surface area contributed by atoms with Gasteiger partial charge in [-0.3, -0.25) is 9.69 Å². The third-order valence-corrected chi connectivity index (χ3v) is 3.22. The molecule has 0 spiro atoms. The number of hydrogen-bond donors (Lipinski definition) is 1. The molecule has 1 atom stereocenters. The number of imidazole rings is 1. The number of rotatable bonds is 2. The van der Waals surface area contributed by atoms with Gasteiger partial charge in [0, 0.05) is 25.6 Å². The van der Waals surface area contributed by atoms with E-state index in [0.29, 0.717) is 13.0 Å². The Morgan fingerprint density at radius 2 is 2.22 bits per heavy atom. The second-order valence-electron chi connectivity index (χ2n) is 4.78. The first kappa shape index (κ1) is 11.2. The lowest BCUT2D eigenvalue weighted by Gasteiger charge is -2.15. The first-order valence-electron chi connectivity index (χ1n) is 6.18. The van der Waals surface area contributed by atoms with Crippen LogP contribution in [0.25, 0.3) is 11.0 Å². The lowest BCUT2D eigenvalue weighted by molar-refractivity contribution is -0.118. The molecule has 1 amide bonds. The van der Waals surface area contributed by atoms with Gasteiger partial charge in [0.1, 0.15) is 0 Å². The highest BCUT2D eigenvalue weighted by atomic mass is 16.2. The van der Waals surface area contributed by atoms with Gasteiger partial charge < -0.3 is 10.3 Å². The molecule has 5 heteroatoms. The Morgan fingerprint density at radius 1 is 1.44 bits per heavy atom. The van der Waals surface area contributed by atoms with Gasteiger partial charge in [-0.2, -0.15) is 0 Å². The minimum Gasteiger partial charge on any atom is -0.327 e. The molecule has 1 aliphatic rings. The zero-order valence-corrected chi connectivity index (χ0v) is 10.3. The quantitative estimate of drug-likeness (QED) is 0.861. The number of benzene rings is 1. The average Bonchev–Trinajstić information content (AvgIpc) is 2.85. The summed E-state index contributed by atoms with van der Waals surface area (Å²) in [7, 11) is 0. The molecular formula is C13H16N4O. The van der Waals surface area contributed by atoms with E-state index >= 15 is 0 Å². The molecular weight excluding hydrogens is 228 g/mol. The van der Waals surface area contributed by atoms with Crippen LogP contribution < -0.4 is 10.6 Å². The van der Waals surface area contributed by atoms with Crippen molar-refractivity contribution in [2.24, 2.45) is 5.73 Å². The smallest absolute Gasteiger partial charge is 0.230 e. The van der Waals surface area contributed by atoms with Gasteiger partial charge in [-0.15, -0.1) is 0 Å². The Balaban J connectivity index is 1.98. The highest BCUT2D eigenvalue weighted by molar-refractivity contribution is 5.95. The minimum absolute atomic E-state index is 0.0547. The number of para-hydroxylation sites is 2. The van der Waals surface area contributed by atoms with Crippen molar-refractivity contribution >= 4 is 22.9 Å². The largest absolute Gasteiger partial charge is 0.327 e. The summed E-state index contributed by atoms with van der Waals surface area (Å²) in [6.45, 7) is 3.34. The first-order chi connectivity index (χ1) is 8.66. The summed E-state index contributed by atoms with van der Waals surface area (Å²) in [5, 5.41) is 0. The second-order valence-corrected chi connectivity index (χ2v) is 4.78. The fraction of sp³-hybridized carbons (Fsp3) is 0.385. The zero-order chi connectivity index (χ0) is 12.7. The van der Waals surface area contributed by atoms with Crippen molar-refractivity contribution in [1.29, 1.82) is 0 Å². The molecule has 94 valence electrons. The normalized spacial score (nSPS) is 16.0. The number of carbonyl (C=O) groups is 1. The molecule has 3 rings (SSSR count). The van der Waals surface area contributed by atoms with Crippen molar-refractivity contribution in [1.82, 2.24) is 9.55 Å². The summed E-state index contributed by atoms with van der Waals surface area (Å²) in [5.74, 6) is 0.806.